The van der Waals surface area contributed by atoms with E-state index in [9.17, 15) is 8.42 Å². The number of nitrogens with one attached hydrogen (secondary N) is 1. The third-order valence-electron chi connectivity index (χ3n) is 4.90. The van der Waals surface area contributed by atoms with Gasteiger partial charge in [0, 0.05) is 11.7 Å². The Morgan fingerprint density at radius 2 is 1.90 bits per heavy atom. The third-order valence-corrected chi connectivity index (χ3v) is 5.81. The van der Waals surface area contributed by atoms with Crippen molar-refractivity contribution in [2.75, 3.05) is 5.32 Å². The van der Waals surface area contributed by atoms with Gasteiger partial charge < -0.3 is 5.32 Å². The van der Waals surface area contributed by atoms with Gasteiger partial charge in [0.05, 0.1) is 4.90 Å². The molecule has 21 heavy (non-hydrogen) atoms. The van der Waals surface area contributed by atoms with Gasteiger partial charge in [-0.05, 0) is 62.1 Å². The molecule has 0 aliphatic heterocycles. The summed E-state index contributed by atoms with van der Waals surface area (Å²) in [5.41, 5.74) is 1.97. The molecular formula is C16H24N2O2S. The number of rotatable bonds is 4. The highest BCUT2D eigenvalue weighted by molar-refractivity contribution is 7.89. The second-order valence-corrected chi connectivity index (χ2v) is 8.19. The zero-order chi connectivity index (χ0) is 15.0. The van der Waals surface area contributed by atoms with E-state index < -0.39 is 10.0 Å². The minimum absolute atomic E-state index is 0.185. The summed E-state index contributed by atoms with van der Waals surface area (Å²) < 4.78 is 23.0. The van der Waals surface area contributed by atoms with Crippen LogP contribution in [0.3, 0.4) is 0 Å². The van der Waals surface area contributed by atoms with Gasteiger partial charge in [-0.15, -0.1) is 0 Å². The maximum absolute atomic E-state index is 11.5. The molecule has 116 valence electrons. The molecule has 0 spiro atoms. The molecule has 4 nitrogen and oxygen atoms in total. The van der Waals surface area contributed by atoms with Crippen LogP contribution in [0.15, 0.2) is 23.1 Å². The minimum Gasteiger partial charge on any atom is -0.382 e. The van der Waals surface area contributed by atoms with E-state index in [1.807, 2.05) is 13.0 Å². The lowest BCUT2D eigenvalue weighted by molar-refractivity contribution is 0.303. The number of anilines is 1. The lowest BCUT2D eigenvalue weighted by Gasteiger charge is -2.31. The first-order chi connectivity index (χ1) is 9.93. The predicted octanol–water partition coefficient (Wildman–Crippen LogP) is 3.02. The van der Waals surface area contributed by atoms with Crippen molar-refractivity contribution in [1.29, 1.82) is 0 Å². The second-order valence-electron chi connectivity index (χ2n) is 6.63. The van der Waals surface area contributed by atoms with Crippen molar-refractivity contribution >= 4 is 15.7 Å². The van der Waals surface area contributed by atoms with E-state index in [-0.39, 0.29) is 4.90 Å². The van der Waals surface area contributed by atoms with E-state index in [2.05, 4.69) is 5.32 Å². The monoisotopic (exact) mass is 308 g/mol. The number of sulfonamides is 1. The van der Waals surface area contributed by atoms with Crippen LogP contribution < -0.4 is 10.5 Å². The van der Waals surface area contributed by atoms with Gasteiger partial charge in [-0.1, -0.05) is 18.9 Å². The molecule has 5 heteroatoms. The smallest absolute Gasteiger partial charge is 0.238 e. The van der Waals surface area contributed by atoms with Gasteiger partial charge in [-0.2, -0.15) is 0 Å². The highest BCUT2D eigenvalue weighted by Crippen LogP contribution is 2.44. The van der Waals surface area contributed by atoms with Crippen LogP contribution in [0.5, 0.6) is 0 Å². The quantitative estimate of drug-likeness (QED) is 0.898. The molecule has 0 heterocycles. The van der Waals surface area contributed by atoms with Gasteiger partial charge in [0.1, 0.15) is 0 Å². The SMILES string of the molecule is Cc1ccc(S(N)(=O)=O)cc1NC1CCCC(C2CC2)C1. The molecule has 0 saturated heterocycles. The molecule has 2 aliphatic carbocycles. The van der Waals surface area contributed by atoms with E-state index in [0.717, 1.165) is 23.1 Å². The number of hydrogen-bond donors (Lipinski definition) is 2. The van der Waals surface area contributed by atoms with E-state index in [1.54, 1.807) is 12.1 Å². The lowest BCUT2D eigenvalue weighted by atomic mass is 9.82. The molecule has 2 saturated carbocycles. The molecule has 0 radical (unpaired) electrons. The van der Waals surface area contributed by atoms with Crippen molar-refractivity contribution in [1.82, 2.24) is 0 Å². The topological polar surface area (TPSA) is 72.2 Å². The molecule has 0 amide bonds. The summed E-state index contributed by atoms with van der Waals surface area (Å²) in [4.78, 5) is 0.185. The first-order valence-electron chi connectivity index (χ1n) is 7.83. The van der Waals surface area contributed by atoms with Gasteiger partial charge in [-0.3, -0.25) is 0 Å². The average Bonchev–Trinajstić information content (AvgIpc) is 3.25. The Morgan fingerprint density at radius 1 is 1.14 bits per heavy atom. The van der Waals surface area contributed by atoms with Crippen LogP contribution in [0.1, 0.15) is 44.1 Å². The highest BCUT2D eigenvalue weighted by atomic mass is 32.2. The Labute approximate surface area is 127 Å². The molecule has 3 N–H and O–H groups in total. The van der Waals surface area contributed by atoms with Crippen molar-refractivity contribution in [3.8, 4) is 0 Å². The summed E-state index contributed by atoms with van der Waals surface area (Å²) in [5, 5.41) is 8.78. The van der Waals surface area contributed by atoms with Crippen LogP contribution >= 0.6 is 0 Å². The zero-order valence-corrected chi connectivity index (χ0v) is 13.3. The minimum atomic E-state index is -3.64. The highest BCUT2D eigenvalue weighted by Gasteiger charge is 2.34. The summed E-state index contributed by atoms with van der Waals surface area (Å²) in [6.07, 6.45) is 7.81. The summed E-state index contributed by atoms with van der Waals surface area (Å²) in [6.45, 7) is 2.00. The predicted molar refractivity (Wildman–Crippen MR) is 84.6 cm³/mol. The van der Waals surface area contributed by atoms with Crippen molar-refractivity contribution in [3.63, 3.8) is 0 Å². The molecule has 0 aromatic heterocycles. The first kappa shape index (κ1) is 14.9. The van der Waals surface area contributed by atoms with Crippen molar-refractivity contribution in [2.45, 2.75) is 56.4 Å². The number of nitrogens with two attached hydrogens (primary N) is 1. The van der Waals surface area contributed by atoms with Gasteiger partial charge in [0.15, 0.2) is 0 Å². The Balaban J connectivity index is 1.74. The van der Waals surface area contributed by atoms with Gasteiger partial charge in [0.25, 0.3) is 0 Å². The first-order valence-corrected chi connectivity index (χ1v) is 9.38. The fourth-order valence-electron chi connectivity index (χ4n) is 3.51. The molecule has 2 unspecified atom stereocenters. The van der Waals surface area contributed by atoms with Crippen molar-refractivity contribution in [2.24, 2.45) is 17.0 Å². The van der Waals surface area contributed by atoms with Crippen LogP contribution in [-0.4, -0.2) is 14.5 Å². The Kier molecular flexibility index (Phi) is 3.97. The number of aryl methyl sites for hydroxylation is 1. The van der Waals surface area contributed by atoms with E-state index >= 15 is 0 Å². The van der Waals surface area contributed by atoms with E-state index in [0.29, 0.717) is 6.04 Å². The van der Waals surface area contributed by atoms with E-state index in [1.165, 1.54) is 38.5 Å². The van der Waals surface area contributed by atoms with Crippen LogP contribution in [0.2, 0.25) is 0 Å². The summed E-state index contributed by atoms with van der Waals surface area (Å²) in [6, 6.07) is 5.53. The van der Waals surface area contributed by atoms with Gasteiger partial charge in [0.2, 0.25) is 10.0 Å². The molecule has 2 fully saturated rings. The fourth-order valence-corrected chi connectivity index (χ4v) is 4.05. The molecule has 2 aliphatic rings. The molecular weight excluding hydrogens is 284 g/mol. The Hall–Kier alpha value is -1.07. The number of hydrogen-bond acceptors (Lipinski definition) is 3. The number of primary sulfonamides is 1. The summed E-state index contributed by atoms with van der Waals surface area (Å²) >= 11 is 0. The van der Waals surface area contributed by atoms with Crippen LogP contribution in [-0.2, 0) is 10.0 Å². The van der Waals surface area contributed by atoms with Crippen LogP contribution in [0, 0.1) is 18.8 Å². The van der Waals surface area contributed by atoms with Gasteiger partial charge >= 0.3 is 0 Å². The second kappa shape index (κ2) is 5.61. The Bertz CT molecular complexity index is 623. The normalized spacial score (nSPS) is 26.6. The lowest BCUT2D eigenvalue weighted by Crippen LogP contribution is -2.28. The fraction of sp³-hybridized carbons (Fsp3) is 0.625. The zero-order valence-electron chi connectivity index (χ0n) is 12.5. The maximum Gasteiger partial charge on any atom is 0.238 e. The molecule has 1 aromatic carbocycles. The van der Waals surface area contributed by atoms with Crippen molar-refractivity contribution < 1.29 is 8.42 Å². The van der Waals surface area contributed by atoms with Crippen LogP contribution in [0.25, 0.3) is 0 Å². The Morgan fingerprint density at radius 3 is 2.57 bits per heavy atom. The molecule has 0 bridgehead atoms. The molecule has 1 aromatic rings. The third kappa shape index (κ3) is 3.58. The maximum atomic E-state index is 11.5. The van der Waals surface area contributed by atoms with Crippen molar-refractivity contribution in [3.05, 3.63) is 23.8 Å². The molecule has 2 atom stereocenters. The van der Waals surface area contributed by atoms with E-state index in [4.69, 9.17) is 5.14 Å². The summed E-state index contributed by atoms with van der Waals surface area (Å²) in [5.74, 6) is 1.81. The van der Waals surface area contributed by atoms with Gasteiger partial charge in [-0.25, -0.2) is 13.6 Å². The van der Waals surface area contributed by atoms with Crippen LogP contribution in [0.4, 0.5) is 5.69 Å². The summed E-state index contributed by atoms with van der Waals surface area (Å²) in [7, 11) is -3.64. The number of benzene rings is 1. The largest absolute Gasteiger partial charge is 0.382 e. The average molecular weight is 308 g/mol. The standard InChI is InChI=1S/C16H24N2O2S/c1-11-5-8-15(21(17,19)20)10-16(11)18-14-4-2-3-13(9-14)12-6-7-12/h5,8,10,12-14,18H,2-4,6-7,9H2,1H3,(H2,17,19,20). The molecule has 3 rings (SSSR count).